The maximum Gasteiger partial charge on any atom is 0.138 e. The summed E-state index contributed by atoms with van der Waals surface area (Å²) in [6.07, 6.45) is -0.505. The van der Waals surface area contributed by atoms with Gasteiger partial charge in [0.1, 0.15) is 18.5 Å². The number of ether oxygens (including phenoxy) is 1. The summed E-state index contributed by atoms with van der Waals surface area (Å²) in [7, 11) is 0. The van der Waals surface area contributed by atoms with Crippen LogP contribution in [-0.4, -0.2) is 53.9 Å². The van der Waals surface area contributed by atoms with Gasteiger partial charge < -0.3 is 9.84 Å². The van der Waals surface area contributed by atoms with Crippen molar-refractivity contribution >= 4 is 35.0 Å². The molecule has 19 heavy (non-hydrogen) atoms. The number of hydrogen-bond donors (Lipinski definition) is 1. The molecule has 6 heteroatoms. The third-order valence-electron chi connectivity index (χ3n) is 2.90. The lowest BCUT2D eigenvalue weighted by atomic mass is 10.3. The number of nitrogens with zero attached hydrogens (tertiary/aromatic N) is 1. The Hall–Kier alpha value is -0.130. The summed E-state index contributed by atoms with van der Waals surface area (Å²) in [4.78, 5) is 2.26. The number of aliphatic hydroxyl groups excluding tert-OH is 1. The van der Waals surface area contributed by atoms with E-state index in [0.717, 1.165) is 24.6 Å². The highest BCUT2D eigenvalue weighted by Crippen LogP contribution is 2.27. The molecule has 106 valence electrons. The van der Waals surface area contributed by atoms with Crippen molar-refractivity contribution in [2.24, 2.45) is 0 Å². The van der Waals surface area contributed by atoms with E-state index in [1.54, 1.807) is 18.2 Å². The van der Waals surface area contributed by atoms with Crippen LogP contribution in [0.2, 0.25) is 10.0 Å². The first-order valence-corrected chi connectivity index (χ1v) is 8.12. The largest absolute Gasteiger partial charge is 0.489 e. The topological polar surface area (TPSA) is 32.7 Å². The summed E-state index contributed by atoms with van der Waals surface area (Å²) in [5, 5.41) is 11.0. The van der Waals surface area contributed by atoms with Gasteiger partial charge in [-0.05, 0) is 18.2 Å². The van der Waals surface area contributed by atoms with E-state index in [1.165, 1.54) is 0 Å². The van der Waals surface area contributed by atoms with Crippen molar-refractivity contribution in [3.8, 4) is 5.75 Å². The fraction of sp³-hybridized carbons (Fsp3) is 0.538. The Labute approximate surface area is 127 Å². The van der Waals surface area contributed by atoms with E-state index in [2.05, 4.69) is 4.90 Å². The number of hydrogen-bond acceptors (Lipinski definition) is 4. The molecule has 0 aromatic heterocycles. The van der Waals surface area contributed by atoms with Crippen molar-refractivity contribution in [3.05, 3.63) is 28.2 Å². The normalized spacial score (nSPS) is 18.3. The van der Waals surface area contributed by atoms with Crippen molar-refractivity contribution in [3.63, 3.8) is 0 Å². The lowest BCUT2D eigenvalue weighted by Gasteiger charge is -2.28. The van der Waals surface area contributed by atoms with Gasteiger partial charge in [0.2, 0.25) is 0 Å². The van der Waals surface area contributed by atoms with Gasteiger partial charge in [0, 0.05) is 36.2 Å². The van der Waals surface area contributed by atoms with E-state index >= 15 is 0 Å². The van der Waals surface area contributed by atoms with Crippen LogP contribution in [0.15, 0.2) is 18.2 Å². The molecular weight excluding hydrogens is 305 g/mol. The van der Waals surface area contributed by atoms with Crippen molar-refractivity contribution in [1.29, 1.82) is 0 Å². The Morgan fingerprint density at radius 3 is 2.74 bits per heavy atom. The highest BCUT2D eigenvalue weighted by Gasteiger charge is 2.15. The molecule has 0 radical (unpaired) electrons. The van der Waals surface area contributed by atoms with Crippen molar-refractivity contribution in [2.45, 2.75) is 6.10 Å². The number of β-amino-alcohol motifs (C(OH)–C–C–N with tert-alkyl or cyclic N) is 1. The summed E-state index contributed by atoms with van der Waals surface area (Å²) in [5.41, 5.74) is 0. The molecule has 1 aliphatic heterocycles. The maximum atomic E-state index is 9.97. The van der Waals surface area contributed by atoms with Gasteiger partial charge in [-0.2, -0.15) is 11.8 Å². The predicted octanol–water partition coefficient (Wildman–Crippen LogP) is 2.78. The molecule has 0 spiro atoms. The van der Waals surface area contributed by atoms with Gasteiger partial charge in [-0.25, -0.2) is 0 Å². The molecule has 1 atom stereocenters. The van der Waals surface area contributed by atoms with E-state index in [-0.39, 0.29) is 6.61 Å². The summed E-state index contributed by atoms with van der Waals surface area (Å²) in [6, 6.07) is 5.07. The minimum atomic E-state index is -0.505. The molecule has 1 saturated heterocycles. The Balaban J connectivity index is 1.77. The average Bonchev–Trinajstić information content (AvgIpc) is 2.39. The number of rotatable bonds is 5. The molecule has 1 fully saturated rings. The number of aliphatic hydroxyl groups is 1. The van der Waals surface area contributed by atoms with Crippen molar-refractivity contribution in [1.82, 2.24) is 4.90 Å². The van der Waals surface area contributed by atoms with Crippen LogP contribution in [-0.2, 0) is 0 Å². The highest BCUT2D eigenvalue weighted by atomic mass is 35.5. The summed E-state index contributed by atoms with van der Waals surface area (Å²) < 4.78 is 5.52. The maximum absolute atomic E-state index is 9.97. The fourth-order valence-corrected chi connectivity index (χ4v) is 3.35. The molecule has 1 heterocycles. The molecule has 1 unspecified atom stereocenters. The lowest BCUT2D eigenvalue weighted by molar-refractivity contribution is 0.0716. The first-order chi connectivity index (χ1) is 9.15. The molecule has 1 N–H and O–H groups in total. The number of halogens is 2. The van der Waals surface area contributed by atoms with Crippen LogP contribution in [0.25, 0.3) is 0 Å². The fourth-order valence-electron chi connectivity index (χ4n) is 1.91. The van der Waals surface area contributed by atoms with Gasteiger partial charge in [0.25, 0.3) is 0 Å². The molecule has 0 bridgehead atoms. The Morgan fingerprint density at radius 1 is 1.32 bits per heavy atom. The van der Waals surface area contributed by atoms with Crippen molar-refractivity contribution in [2.75, 3.05) is 37.7 Å². The monoisotopic (exact) mass is 321 g/mol. The first kappa shape index (κ1) is 15.3. The predicted molar refractivity (Wildman–Crippen MR) is 81.7 cm³/mol. The number of benzene rings is 1. The zero-order valence-corrected chi connectivity index (χ0v) is 12.8. The highest BCUT2D eigenvalue weighted by molar-refractivity contribution is 7.99. The van der Waals surface area contributed by atoms with Gasteiger partial charge in [-0.15, -0.1) is 0 Å². The molecular formula is C13H17Cl2NO2S. The van der Waals surface area contributed by atoms with E-state index in [0.29, 0.717) is 22.3 Å². The second-order valence-corrected chi connectivity index (χ2v) is 6.52. The summed E-state index contributed by atoms with van der Waals surface area (Å²) in [5.74, 6) is 2.83. The first-order valence-electron chi connectivity index (χ1n) is 6.21. The lowest BCUT2D eigenvalue weighted by Crippen LogP contribution is -2.40. The van der Waals surface area contributed by atoms with Gasteiger partial charge in [-0.1, -0.05) is 23.2 Å². The van der Waals surface area contributed by atoms with Crippen molar-refractivity contribution < 1.29 is 9.84 Å². The van der Waals surface area contributed by atoms with E-state index in [9.17, 15) is 5.11 Å². The molecule has 0 aliphatic carbocycles. The molecule has 2 rings (SSSR count). The minimum absolute atomic E-state index is 0.241. The van der Waals surface area contributed by atoms with Gasteiger partial charge in [-0.3, -0.25) is 4.90 Å². The van der Waals surface area contributed by atoms with Crippen LogP contribution in [0.5, 0.6) is 5.75 Å². The zero-order valence-electron chi connectivity index (χ0n) is 10.5. The van der Waals surface area contributed by atoms with E-state index in [4.69, 9.17) is 27.9 Å². The Bertz CT molecular complexity index is 414. The quantitative estimate of drug-likeness (QED) is 0.904. The average molecular weight is 322 g/mol. The second-order valence-electron chi connectivity index (χ2n) is 4.45. The molecule has 1 aromatic rings. The molecule has 3 nitrogen and oxygen atoms in total. The van der Waals surface area contributed by atoms with Gasteiger partial charge in [0.15, 0.2) is 0 Å². The third kappa shape index (κ3) is 5.04. The molecule has 0 saturated carbocycles. The Morgan fingerprint density at radius 2 is 2.05 bits per heavy atom. The summed E-state index contributed by atoms with van der Waals surface area (Å²) >= 11 is 13.8. The van der Waals surface area contributed by atoms with E-state index < -0.39 is 6.10 Å². The Kier molecular flexibility index (Phi) is 6.10. The van der Waals surface area contributed by atoms with Crippen LogP contribution in [0.4, 0.5) is 0 Å². The van der Waals surface area contributed by atoms with Crippen LogP contribution >= 0.6 is 35.0 Å². The van der Waals surface area contributed by atoms with Crippen LogP contribution in [0.1, 0.15) is 0 Å². The SMILES string of the molecule is OC(COc1ccc(Cl)cc1Cl)CN1CCSCC1. The van der Waals surface area contributed by atoms with Gasteiger partial charge in [0.05, 0.1) is 5.02 Å². The van der Waals surface area contributed by atoms with Crippen LogP contribution in [0.3, 0.4) is 0 Å². The second kappa shape index (κ2) is 7.60. The standard InChI is InChI=1S/C13H17Cl2NO2S/c14-10-1-2-13(12(15)7-10)18-9-11(17)8-16-3-5-19-6-4-16/h1-2,7,11,17H,3-6,8-9H2. The third-order valence-corrected chi connectivity index (χ3v) is 4.37. The molecule has 1 aliphatic rings. The smallest absolute Gasteiger partial charge is 0.138 e. The minimum Gasteiger partial charge on any atom is -0.489 e. The van der Waals surface area contributed by atoms with Crippen LogP contribution < -0.4 is 4.74 Å². The molecule has 0 amide bonds. The molecule has 1 aromatic carbocycles. The summed E-state index contributed by atoms with van der Waals surface area (Å²) in [6.45, 7) is 2.95. The van der Waals surface area contributed by atoms with E-state index in [1.807, 2.05) is 11.8 Å². The van der Waals surface area contributed by atoms with Crippen LogP contribution in [0, 0.1) is 0 Å². The number of thioether (sulfide) groups is 1. The van der Waals surface area contributed by atoms with Gasteiger partial charge >= 0.3 is 0 Å². The zero-order chi connectivity index (χ0) is 13.7.